The van der Waals surface area contributed by atoms with Crippen LogP contribution in [0.5, 0.6) is 0 Å². The van der Waals surface area contributed by atoms with Gasteiger partial charge in [0.25, 0.3) is 0 Å². The quantitative estimate of drug-likeness (QED) is 0.842. The van der Waals surface area contributed by atoms with Crippen molar-refractivity contribution in [3.8, 4) is 0 Å². The zero-order valence-electron chi connectivity index (χ0n) is 10.6. The van der Waals surface area contributed by atoms with E-state index in [0.717, 1.165) is 28.7 Å². The van der Waals surface area contributed by atoms with E-state index in [1.807, 2.05) is 30.0 Å². The number of benzene rings is 1. The van der Waals surface area contributed by atoms with E-state index in [2.05, 4.69) is 11.6 Å². The SMILES string of the molecule is CSC1(CNCc2c(Cl)cccc2Cl)CCCC1. The molecule has 1 N–H and O–H groups in total. The van der Waals surface area contributed by atoms with Crippen molar-refractivity contribution in [1.29, 1.82) is 0 Å². The fourth-order valence-electron chi connectivity index (χ4n) is 2.59. The van der Waals surface area contributed by atoms with Crippen LogP contribution in [-0.4, -0.2) is 17.5 Å². The zero-order valence-corrected chi connectivity index (χ0v) is 13.0. The Morgan fingerprint density at radius 3 is 2.39 bits per heavy atom. The molecule has 0 amide bonds. The standard InChI is InChI=1S/C14H19Cl2NS/c1-18-14(7-2-3-8-14)10-17-9-11-12(15)5-4-6-13(11)16/h4-6,17H,2-3,7-10H2,1H3. The second kappa shape index (κ2) is 6.51. The lowest BCUT2D eigenvalue weighted by Crippen LogP contribution is -2.34. The summed E-state index contributed by atoms with van der Waals surface area (Å²) in [4.78, 5) is 0. The number of nitrogens with one attached hydrogen (secondary N) is 1. The van der Waals surface area contributed by atoms with Crippen molar-refractivity contribution in [2.75, 3.05) is 12.8 Å². The Balaban J connectivity index is 1.92. The Morgan fingerprint density at radius 1 is 1.22 bits per heavy atom. The lowest BCUT2D eigenvalue weighted by molar-refractivity contribution is 0.534. The fraction of sp³-hybridized carbons (Fsp3) is 0.571. The van der Waals surface area contributed by atoms with Gasteiger partial charge in [0.15, 0.2) is 0 Å². The molecule has 0 heterocycles. The van der Waals surface area contributed by atoms with Crippen LogP contribution in [-0.2, 0) is 6.54 Å². The molecule has 0 unspecified atom stereocenters. The maximum absolute atomic E-state index is 6.16. The Morgan fingerprint density at radius 2 is 1.83 bits per heavy atom. The summed E-state index contributed by atoms with van der Waals surface area (Å²) in [6.45, 7) is 1.79. The number of hydrogen-bond acceptors (Lipinski definition) is 2. The molecule has 0 radical (unpaired) electrons. The van der Waals surface area contributed by atoms with Crippen molar-refractivity contribution in [1.82, 2.24) is 5.32 Å². The average Bonchev–Trinajstić information content (AvgIpc) is 2.82. The Kier molecular flexibility index (Phi) is 5.25. The van der Waals surface area contributed by atoms with Crippen LogP contribution in [0.2, 0.25) is 10.0 Å². The van der Waals surface area contributed by atoms with Gasteiger partial charge in [-0.15, -0.1) is 0 Å². The van der Waals surface area contributed by atoms with Crippen LogP contribution >= 0.6 is 35.0 Å². The maximum atomic E-state index is 6.16. The largest absolute Gasteiger partial charge is 0.311 e. The molecule has 1 aliphatic carbocycles. The summed E-state index contributed by atoms with van der Waals surface area (Å²) in [5, 5.41) is 5.03. The van der Waals surface area contributed by atoms with Gasteiger partial charge in [0.05, 0.1) is 0 Å². The molecule has 1 fully saturated rings. The van der Waals surface area contributed by atoms with E-state index in [0.29, 0.717) is 4.75 Å². The number of thioether (sulfide) groups is 1. The lowest BCUT2D eigenvalue weighted by atomic mass is 10.1. The fourth-order valence-corrected chi connectivity index (χ4v) is 4.06. The van der Waals surface area contributed by atoms with E-state index in [1.165, 1.54) is 25.7 Å². The van der Waals surface area contributed by atoms with Gasteiger partial charge < -0.3 is 5.32 Å². The molecule has 1 aliphatic rings. The molecule has 1 nitrogen and oxygen atoms in total. The number of halogens is 2. The second-order valence-corrected chi connectivity index (χ2v) is 6.99. The first-order valence-corrected chi connectivity index (χ1v) is 8.34. The summed E-state index contributed by atoms with van der Waals surface area (Å²) in [6, 6.07) is 5.67. The second-order valence-electron chi connectivity index (χ2n) is 4.90. The van der Waals surface area contributed by atoms with Crippen molar-refractivity contribution in [2.24, 2.45) is 0 Å². The van der Waals surface area contributed by atoms with E-state index in [1.54, 1.807) is 0 Å². The summed E-state index contributed by atoms with van der Waals surface area (Å²) in [5.41, 5.74) is 1.01. The van der Waals surface area contributed by atoms with Crippen molar-refractivity contribution in [3.63, 3.8) is 0 Å². The summed E-state index contributed by atoms with van der Waals surface area (Å²) < 4.78 is 0.424. The van der Waals surface area contributed by atoms with Gasteiger partial charge in [0.2, 0.25) is 0 Å². The van der Waals surface area contributed by atoms with E-state index in [9.17, 15) is 0 Å². The normalized spacial score (nSPS) is 18.2. The highest BCUT2D eigenvalue weighted by Gasteiger charge is 2.32. The van der Waals surface area contributed by atoms with Gasteiger partial charge in [-0.3, -0.25) is 0 Å². The van der Waals surface area contributed by atoms with E-state index < -0.39 is 0 Å². The van der Waals surface area contributed by atoms with Crippen LogP contribution in [0, 0.1) is 0 Å². The molecule has 2 rings (SSSR count). The zero-order chi connectivity index (χ0) is 13.0. The predicted molar refractivity (Wildman–Crippen MR) is 82.9 cm³/mol. The van der Waals surface area contributed by atoms with Gasteiger partial charge in [-0.05, 0) is 31.2 Å². The Bertz CT molecular complexity index is 383. The first kappa shape index (κ1) is 14.5. The highest BCUT2D eigenvalue weighted by molar-refractivity contribution is 8.00. The van der Waals surface area contributed by atoms with Crippen LogP contribution < -0.4 is 5.32 Å². The highest BCUT2D eigenvalue weighted by Crippen LogP contribution is 2.39. The molecule has 1 saturated carbocycles. The van der Waals surface area contributed by atoms with E-state index in [4.69, 9.17) is 23.2 Å². The summed E-state index contributed by atoms with van der Waals surface area (Å²) in [7, 11) is 0. The topological polar surface area (TPSA) is 12.0 Å². The molecule has 0 saturated heterocycles. The minimum absolute atomic E-state index is 0.424. The Labute approximate surface area is 124 Å². The van der Waals surface area contributed by atoms with Crippen LogP contribution in [0.3, 0.4) is 0 Å². The number of hydrogen-bond donors (Lipinski definition) is 1. The summed E-state index contributed by atoms with van der Waals surface area (Å²) >= 11 is 14.3. The molecule has 0 spiro atoms. The third kappa shape index (κ3) is 3.36. The maximum Gasteiger partial charge on any atom is 0.0465 e. The molecule has 0 aliphatic heterocycles. The number of rotatable bonds is 5. The molecule has 18 heavy (non-hydrogen) atoms. The van der Waals surface area contributed by atoms with E-state index >= 15 is 0 Å². The smallest absolute Gasteiger partial charge is 0.0465 e. The lowest BCUT2D eigenvalue weighted by Gasteiger charge is -2.27. The third-order valence-electron chi connectivity index (χ3n) is 3.76. The van der Waals surface area contributed by atoms with Crippen LogP contribution in [0.25, 0.3) is 0 Å². The van der Waals surface area contributed by atoms with Crippen molar-refractivity contribution < 1.29 is 0 Å². The van der Waals surface area contributed by atoms with Crippen LogP contribution in [0.1, 0.15) is 31.2 Å². The van der Waals surface area contributed by atoms with Crippen molar-refractivity contribution in [2.45, 2.75) is 37.0 Å². The monoisotopic (exact) mass is 303 g/mol. The van der Waals surface area contributed by atoms with Crippen LogP contribution in [0.15, 0.2) is 18.2 Å². The first-order valence-electron chi connectivity index (χ1n) is 6.36. The molecule has 0 aromatic heterocycles. The summed E-state index contributed by atoms with van der Waals surface area (Å²) in [6.07, 6.45) is 7.56. The predicted octanol–water partition coefficient (Wildman–Crippen LogP) is 4.76. The highest BCUT2D eigenvalue weighted by atomic mass is 35.5. The average molecular weight is 304 g/mol. The third-order valence-corrected chi connectivity index (χ3v) is 5.89. The minimum atomic E-state index is 0.424. The molecule has 0 bridgehead atoms. The minimum Gasteiger partial charge on any atom is -0.311 e. The molecule has 100 valence electrons. The van der Waals surface area contributed by atoms with E-state index in [-0.39, 0.29) is 0 Å². The molecule has 0 atom stereocenters. The summed E-state index contributed by atoms with van der Waals surface area (Å²) in [5.74, 6) is 0. The molecular formula is C14H19Cl2NS. The van der Waals surface area contributed by atoms with Gasteiger partial charge in [-0.25, -0.2) is 0 Å². The van der Waals surface area contributed by atoms with Crippen LogP contribution in [0.4, 0.5) is 0 Å². The molecule has 4 heteroatoms. The van der Waals surface area contributed by atoms with Gasteiger partial charge in [0, 0.05) is 33.4 Å². The van der Waals surface area contributed by atoms with Gasteiger partial charge in [-0.2, -0.15) is 11.8 Å². The molecule has 1 aromatic rings. The molecular weight excluding hydrogens is 285 g/mol. The van der Waals surface area contributed by atoms with Crippen molar-refractivity contribution in [3.05, 3.63) is 33.8 Å². The first-order chi connectivity index (χ1) is 8.67. The van der Waals surface area contributed by atoms with Crippen molar-refractivity contribution >= 4 is 35.0 Å². The Hall–Kier alpha value is 0.110. The van der Waals surface area contributed by atoms with Gasteiger partial charge in [-0.1, -0.05) is 42.1 Å². The van der Waals surface area contributed by atoms with Gasteiger partial charge >= 0.3 is 0 Å². The molecule has 1 aromatic carbocycles. The van der Waals surface area contributed by atoms with Gasteiger partial charge in [0.1, 0.15) is 0 Å².